The van der Waals surface area contributed by atoms with E-state index >= 15 is 0 Å². The lowest BCUT2D eigenvalue weighted by atomic mass is 9.88. The highest BCUT2D eigenvalue weighted by Crippen LogP contribution is 2.56. The number of rotatable bonds is 28. The van der Waals surface area contributed by atoms with E-state index in [1.54, 1.807) is 147 Å². The number of Topliss-reactive ketones (excluding diaryl/α,β-unsaturated/α-hetero) is 1. The van der Waals surface area contributed by atoms with Crippen LogP contribution in [0, 0.1) is 17.8 Å². The van der Waals surface area contributed by atoms with Crippen LogP contribution in [0.25, 0.3) is 0 Å². The maximum atomic E-state index is 12.5. The first-order chi connectivity index (χ1) is 54.9. The maximum absolute atomic E-state index is 12.5. The number of imidazole rings is 1. The molecular formula is C77H90Cl9N13O13P2S2. The van der Waals surface area contributed by atoms with E-state index in [0.29, 0.717) is 93.3 Å². The second-order valence-electron chi connectivity index (χ2n) is 26.9. The Bertz CT molecular complexity index is 4750. The van der Waals surface area contributed by atoms with Gasteiger partial charge in [-0.15, -0.1) is 0 Å². The van der Waals surface area contributed by atoms with Gasteiger partial charge in [0, 0.05) is 88.0 Å². The number of aromatic nitrogens is 11. The Balaban J connectivity index is 0.000000217. The lowest BCUT2D eigenvalue weighted by Gasteiger charge is -2.32. The van der Waals surface area contributed by atoms with Crippen molar-refractivity contribution >= 4 is 165 Å². The SMILES string of the molecule is CC(C)(C)C(=O)C(Oc1ccc(Cl)cc1)n1cncn1.CC(C)(C)C(O)C(Oc1ccc(Cl)cc1)n1cncn1.CCCC(Cn1cncn1)c1ccc(Cl)cc1Cl.CCCN(CCOc1c(Cl)cc(Cl)cc1Cl)C(=O)n1ccnc1.CCOP(=S)(OCC)N1C(=O)c2ccccc2C1=O.COP(=S)(OC)Oc1c(Cl)cc(C)cc1Cl. The number of imide groups is 1. The van der Waals surface area contributed by atoms with Gasteiger partial charge in [-0.1, -0.05) is 184 Å². The van der Waals surface area contributed by atoms with Crippen LogP contribution in [0.15, 0.2) is 172 Å². The standard InChI is InChI=1S/C15H16Cl3N3O2.C14H18ClN3O2.C14H16ClN3O2.C13H15Cl2N3.C12H14NO4PS.C9H11Cl2O3PS/c1-2-4-20(15(22)21-5-3-19-10-21)6-7-23-14-12(17)8-11(16)9-13(14)18;2*1-14(2,3)12(19)13(18-9-16-8-17-18)20-11-6-4-10(15)5-7-11;1-2-3-10(7-18-9-16-8-17-18)12-5-4-11(14)6-13(12)15;1-3-16-18(19,17-4-2)13-11(14)9-7-5-6-8-10(9)12(13)15;1-6-4-7(10)9(8(11)5-6)14-15(16,12-2)13-3/h3,5,8-10H,2,4,6-7H2,1H3;4-9,12-13,19H,1-3H3;4-9,13H,1-3H3;4-6,8-10H,2-3,7H2,1H3;5-8H,3-4H2,1-2H3;4-5H,1-3H3. The number of aliphatic hydroxyl groups excluding tert-OH is 1. The first-order valence-corrected chi connectivity index (χ1v) is 44.3. The van der Waals surface area contributed by atoms with Gasteiger partial charge in [0.1, 0.15) is 68.5 Å². The highest BCUT2D eigenvalue weighted by molar-refractivity contribution is 8.09. The number of carbonyl (C=O) groups excluding carboxylic acids is 4. The van der Waals surface area contributed by atoms with Gasteiger partial charge in [-0.3, -0.25) is 23.6 Å². The van der Waals surface area contributed by atoms with Gasteiger partial charge in [-0.2, -0.15) is 20.0 Å². The molecule has 0 radical (unpaired) electrons. The topological polar surface area (TPSA) is 279 Å². The number of aliphatic hydroxyl groups is 1. The molecule has 1 aliphatic heterocycles. The third-order valence-electron chi connectivity index (χ3n) is 16.0. The number of benzene rings is 6. The molecule has 4 unspecified atom stereocenters. The summed E-state index contributed by atoms with van der Waals surface area (Å²) in [6.45, 7) is 17.6. The van der Waals surface area contributed by atoms with E-state index in [1.165, 1.54) is 59.8 Å². The van der Waals surface area contributed by atoms with Gasteiger partial charge in [0.15, 0.2) is 11.5 Å². The molecule has 1 aliphatic rings. The summed E-state index contributed by atoms with van der Waals surface area (Å²) in [6, 6.07) is 32.5. The van der Waals surface area contributed by atoms with E-state index in [9.17, 15) is 24.3 Å². The number of halogens is 9. The van der Waals surface area contributed by atoms with Gasteiger partial charge in [0.25, 0.3) is 24.7 Å². The molecule has 39 heteroatoms. The molecule has 0 fully saturated rings. The molecule has 116 heavy (non-hydrogen) atoms. The predicted molar refractivity (Wildman–Crippen MR) is 463 cm³/mol. The number of ether oxygens (including phenoxy) is 3. The Labute approximate surface area is 730 Å². The van der Waals surface area contributed by atoms with Crippen molar-refractivity contribution < 1.29 is 61.1 Å². The van der Waals surface area contributed by atoms with Crippen LogP contribution in [0.1, 0.15) is 139 Å². The van der Waals surface area contributed by atoms with Crippen molar-refractivity contribution in [2.45, 2.75) is 126 Å². The molecule has 0 spiro atoms. The van der Waals surface area contributed by atoms with Crippen molar-refractivity contribution in [2.75, 3.05) is 47.1 Å². The average molecular weight is 1850 g/mol. The summed E-state index contributed by atoms with van der Waals surface area (Å²) in [7, 11) is 2.83. The van der Waals surface area contributed by atoms with Crippen LogP contribution in [-0.2, 0) is 53.0 Å². The molecule has 6 aromatic carbocycles. The van der Waals surface area contributed by atoms with Crippen LogP contribution < -0.4 is 18.7 Å². The Morgan fingerprint density at radius 1 is 0.586 bits per heavy atom. The van der Waals surface area contributed by atoms with Crippen molar-refractivity contribution in [1.82, 2.24) is 63.4 Å². The molecule has 26 nitrogen and oxygen atoms in total. The maximum Gasteiger partial charge on any atom is 0.380 e. The fourth-order valence-electron chi connectivity index (χ4n) is 10.3. The van der Waals surface area contributed by atoms with Crippen LogP contribution in [0.4, 0.5) is 4.79 Å². The molecule has 5 heterocycles. The van der Waals surface area contributed by atoms with Gasteiger partial charge in [-0.25, -0.2) is 34.1 Å². The normalized spacial score (nSPS) is 12.9. The Morgan fingerprint density at radius 3 is 1.55 bits per heavy atom. The summed E-state index contributed by atoms with van der Waals surface area (Å²) in [6.07, 6.45) is 14.4. The Hall–Kier alpha value is -6.86. The van der Waals surface area contributed by atoms with Crippen LogP contribution >= 0.6 is 118 Å². The van der Waals surface area contributed by atoms with Crippen molar-refractivity contribution in [2.24, 2.45) is 10.8 Å². The summed E-state index contributed by atoms with van der Waals surface area (Å²) in [5.74, 6) is 1.19. The first kappa shape index (κ1) is 98.0. The number of nitrogens with zero attached hydrogens (tertiary/aromatic N) is 13. The third-order valence-corrected chi connectivity index (χ3v) is 24.0. The van der Waals surface area contributed by atoms with Crippen LogP contribution in [0.5, 0.6) is 23.0 Å². The van der Waals surface area contributed by atoms with E-state index in [-0.39, 0.29) is 37.0 Å². The number of hydrogen-bond donors (Lipinski definition) is 1. The molecule has 0 aliphatic carbocycles. The fourth-order valence-corrected chi connectivity index (χ4v) is 16.5. The molecule has 626 valence electrons. The number of hydrogen-bond acceptors (Lipinski definition) is 22. The number of carbonyl (C=O) groups is 4. The van der Waals surface area contributed by atoms with E-state index in [2.05, 4.69) is 42.2 Å². The first-order valence-electron chi connectivity index (χ1n) is 35.8. The van der Waals surface area contributed by atoms with Gasteiger partial charge >= 0.3 is 12.7 Å². The number of aryl methyl sites for hydroxylation is 1. The van der Waals surface area contributed by atoms with E-state index in [1.807, 2.05) is 72.2 Å². The highest BCUT2D eigenvalue weighted by atomic mass is 35.5. The molecule has 11 rings (SSSR count). The number of fused-ring (bicyclic) bond motifs is 1. The molecule has 0 bridgehead atoms. The minimum atomic E-state index is -3.09. The largest absolute Gasteiger partial charge is 0.489 e. The second-order valence-corrected chi connectivity index (χ2v) is 37.0. The van der Waals surface area contributed by atoms with Gasteiger partial charge in [0.2, 0.25) is 12.0 Å². The van der Waals surface area contributed by atoms with Crippen LogP contribution in [0.2, 0.25) is 45.2 Å². The average Bonchev–Trinajstić information content (AvgIpc) is 1.60. The Morgan fingerprint density at radius 2 is 1.09 bits per heavy atom. The van der Waals surface area contributed by atoms with Crippen molar-refractivity contribution in [1.29, 1.82) is 0 Å². The quantitative estimate of drug-likeness (QED) is 0.0352. The minimum absolute atomic E-state index is 0.0852. The van der Waals surface area contributed by atoms with Crippen molar-refractivity contribution in [3.8, 4) is 23.0 Å². The monoisotopic (exact) mass is 1850 g/mol. The van der Waals surface area contributed by atoms with E-state index < -0.39 is 49.2 Å². The predicted octanol–water partition coefficient (Wildman–Crippen LogP) is 21.6. The van der Waals surface area contributed by atoms with Crippen molar-refractivity contribution in [3.05, 3.63) is 239 Å². The van der Waals surface area contributed by atoms with E-state index in [0.717, 1.165) is 46.6 Å². The summed E-state index contributed by atoms with van der Waals surface area (Å²) in [5.41, 5.74) is 1.85. The number of ketones is 1. The molecule has 1 N–H and O–H groups in total. The summed E-state index contributed by atoms with van der Waals surface area (Å²) >= 11 is 64.3. The zero-order valence-electron chi connectivity index (χ0n) is 65.6. The molecule has 10 aromatic rings. The highest BCUT2D eigenvalue weighted by Gasteiger charge is 2.46. The fraction of sp³-hybridized carbons (Fsp3) is 0.364. The third kappa shape index (κ3) is 29.5. The summed E-state index contributed by atoms with van der Waals surface area (Å²) in [4.78, 5) is 66.7. The molecule has 4 aromatic heterocycles. The lowest BCUT2D eigenvalue weighted by molar-refractivity contribution is -0.138. The molecule has 3 amide bonds. The van der Waals surface area contributed by atoms with Crippen LogP contribution in [-0.4, -0.2) is 145 Å². The van der Waals surface area contributed by atoms with Gasteiger partial charge in [0.05, 0.1) is 51.0 Å². The van der Waals surface area contributed by atoms with E-state index in [4.69, 9.17) is 165 Å². The lowest BCUT2D eigenvalue weighted by Crippen LogP contribution is -2.38. The zero-order chi connectivity index (χ0) is 85.7. The molecule has 0 saturated carbocycles. The van der Waals surface area contributed by atoms with Gasteiger partial charge in [-0.05, 0) is 159 Å². The molecule has 4 atom stereocenters. The summed E-state index contributed by atoms with van der Waals surface area (Å²) < 4.78 is 50.6. The minimum Gasteiger partial charge on any atom is -0.489 e. The summed E-state index contributed by atoms with van der Waals surface area (Å²) in [5, 5.41) is 27.2. The van der Waals surface area contributed by atoms with Gasteiger partial charge < -0.3 is 46.8 Å². The second kappa shape index (κ2) is 47.2. The molecule has 0 saturated heterocycles. The smallest absolute Gasteiger partial charge is 0.380 e. The zero-order valence-corrected chi connectivity index (χ0v) is 75.8. The molecular weight excluding hydrogens is 1760 g/mol. The van der Waals surface area contributed by atoms with Crippen molar-refractivity contribution in [3.63, 3.8) is 0 Å². The Kier molecular flexibility index (Phi) is 39.9. The number of amides is 3. The van der Waals surface area contributed by atoms with Crippen LogP contribution in [0.3, 0.4) is 0 Å².